The average Bonchev–Trinajstić information content (AvgIpc) is 2.36. The van der Waals surface area contributed by atoms with Crippen LogP contribution in [0.5, 0.6) is 0 Å². The van der Waals surface area contributed by atoms with Crippen molar-refractivity contribution in [3.05, 3.63) is 59.0 Å². The maximum Gasteiger partial charge on any atom is 0.0629 e. The lowest BCUT2D eigenvalue weighted by Gasteiger charge is -2.00. The fraction of sp³-hybridized carbons (Fsp3) is 0. The zero-order valence-corrected chi connectivity index (χ0v) is 8.27. The molecular formula is C12H9Br. The molecular weight excluding hydrogens is 224 g/mol. The molecule has 0 amide bonds. The topological polar surface area (TPSA) is 0 Å². The van der Waals surface area contributed by atoms with Gasteiger partial charge in [0.15, 0.2) is 0 Å². The summed E-state index contributed by atoms with van der Waals surface area (Å²) in [7, 11) is 0. The third kappa shape index (κ3) is 1.99. The second-order valence-electron chi connectivity index (χ2n) is 2.51. The number of halogens is 1. The lowest BCUT2D eigenvalue weighted by molar-refractivity contribution is 1.59. The van der Waals surface area contributed by atoms with E-state index >= 15 is 0 Å². The van der Waals surface area contributed by atoms with Gasteiger partial charge in [-0.05, 0) is 23.3 Å². The summed E-state index contributed by atoms with van der Waals surface area (Å²) in [6, 6.07) is 5.64. The number of hydrogen-bond donors (Lipinski definition) is 0. The van der Waals surface area contributed by atoms with Gasteiger partial charge in [0.05, 0.1) is 6.85 Å². The normalized spacial score (nSPS) is 15.3. The quantitative estimate of drug-likeness (QED) is 0.706. The summed E-state index contributed by atoms with van der Waals surface area (Å²) >= 11 is 3.30. The minimum absolute atomic E-state index is 0.177. The van der Waals surface area contributed by atoms with E-state index in [4.69, 9.17) is 6.85 Å². The van der Waals surface area contributed by atoms with E-state index in [1.165, 1.54) is 0 Å². The molecule has 0 heterocycles. The zero-order valence-electron chi connectivity index (χ0n) is 11.7. The Kier molecular flexibility index (Phi) is 1.28. The van der Waals surface area contributed by atoms with Crippen molar-refractivity contribution in [1.82, 2.24) is 0 Å². The average molecular weight is 243 g/mol. The molecule has 1 heteroatoms. The highest BCUT2D eigenvalue weighted by atomic mass is 79.9. The Morgan fingerprint density at radius 3 is 2.08 bits per heavy atom. The standard InChI is InChI=1S/C12H9Br/c13-12-8-6-11(7-9-12)10-4-2-1-3-5-10/h1-9H/i1T,2T,3T,4T,5T. The molecule has 0 spiro atoms. The molecule has 0 radical (unpaired) electrons. The summed E-state index contributed by atoms with van der Waals surface area (Å²) in [5.74, 6) is 0. The third-order valence-electron chi connectivity index (χ3n) is 1.63. The molecule has 0 aliphatic heterocycles. The van der Waals surface area contributed by atoms with E-state index in [9.17, 15) is 0 Å². The van der Waals surface area contributed by atoms with E-state index in [1.807, 2.05) is 0 Å². The van der Waals surface area contributed by atoms with E-state index < -0.39 is 0 Å². The van der Waals surface area contributed by atoms with Gasteiger partial charge >= 0.3 is 0 Å². The van der Waals surface area contributed by atoms with Gasteiger partial charge in [-0.15, -0.1) is 0 Å². The lowest BCUT2D eigenvalue weighted by Crippen LogP contribution is -1.75. The summed E-state index contributed by atoms with van der Waals surface area (Å²) in [5.41, 5.74) is 0.837. The van der Waals surface area contributed by atoms with Crippen molar-refractivity contribution in [3.8, 4) is 11.1 Å². The minimum Gasteiger partial charge on any atom is -0.0622 e. The highest BCUT2D eigenvalue weighted by Gasteiger charge is 1.94. The molecule has 13 heavy (non-hydrogen) atoms. The summed E-state index contributed by atoms with van der Waals surface area (Å²) < 4.78 is 39.3. The molecule has 2 rings (SSSR count). The van der Waals surface area contributed by atoms with Crippen LogP contribution in [0.4, 0.5) is 0 Å². The van der Waals surface area contributed by atoms with Gasteiger partial charge in [-0.2, -0.15) is 0 Å². The van der Waals surface area contributed by atoms with Crippen molar-refractivity contribution >= 4 is 15.9 Å². The number of hydrogen-bond acceptors (Lipinski definition) is 0. The van der Waals surface area contributed by atoms with E-state index in [0.29, 0.717) is 5.56 Å². The summed E-state index contributed by atoms with van der Waals surface area (Å²) in [4.78, 5) is 0. The molecule has 0 unspecified atom stereocenters. The van der Waals surface area contributed by atoms with Gasteiger partial charge in [-0.1, -0.05) is 58.3 Å². The Labute approximate surface area is 93.4 Å². The van der Waals surface area contributed by atoms with E-state index in [1.54, 1.807) is 24.3 Å². The van der Waals surface area contributed by atoms with Gasteiger partial charge in [-0.25, -0.2) is 0 Å². The van der Waals surface area contributed by atoms with Crippen LogP contribution < -0.4 is 0 Å². The Hall–Kier alpha value is -1.08. The molecule has 0 aromatic heterocycles. The van der Waals surface area contributed by atoms with Crippen LogP contribution in [0.15, 0.2) is 59.0 Å². The van der Waals surface area contributed by atoms with Gasteiger partial charge in [0.2, 0.25) is 0 Å². The van der Waals surface area contributed by atoms with Crippen LogP contribution in [0.3, 0.4) is 0 Å². The maximum atomic E-state index is 7.84. The van der Waals surface area contributed by atoms with Gasteiger partial charge in [0.1, 0.15) is 0 Å². The van der Waals surface area contributed by atoms with Crippen molar-refractivity contribution in [3.63, 3.8) is 0 Å². The van der Waals surface area contributed by atoms with Crippen LogP contribution in [0.2, 0.25) is 0 Å². The molecule has 0 atom stereocenters. The molecule has 0 nitrogen and oxygen atoms in total. The largest absolute Gasteiger partial charge is 0.0629 e. The van der Waals surface area contributed by atoms with Gasteiger partial charge in [0.25, 0.3) is 0 Å². The van der Waals surface area contributed by atoms with E-state index in [-0.39, 0.29) is 35.8 Å². The van der Waals surface area contributed by atoms with Crippen LogP contribution in [-0.4, -0.2) is 0 Å². The summed E-state index contributed by atoms with van der Waals surface area (Å²) in [6.07, 6.45) is 0. The first-order chi connectivity index (χ1) is 8.43. The first kappa shape index (κ1) is 4.43. The molecule has 0 aliphatic rings. The number of rotatable bonds is 1. The fourth-order valence-corrected chi connectivity index (χ4v) is 1.28. The molecule has 0 aliphatic carbocycles. The lowest BCUT2D eigenvalue weighted by atomic mass is 10.1. The second kappa shape index (κ2) is 3.75. The van der Waals surface area contributed by atoms with Crippen LogP contribution in [0.1, 0.15) is 6.85 Å². The Bertz CT molecular complexity index is 578. The Morgan fingerprint density at radius 2 is 1.46 bits per heavy atom. The van der Waals surface area contributed by atoms with Gasteiger partial charge in [-0.3, -0.25) is 0 Å². The van der Waals surface area contributed by atoms with Crippen molar-refractivity contribution in [1.29, 1.82) is 0 Å². The maximum absolute atomic E-state index is 7.84. The molecule has 2 aromatic carbocycles. The molecule has 0 fully saturated rings. The van der Waals surface area contributed by atoms with Crippen molar-refractivity contribution < 1.29 is 6.85 Å². The first-order valence-corrected chi connectivity index (χ1v) is 4.55. The summed E-state index contributed by atoms with van der Waals surface area (Å²) in [6.45, 7) is 0. The molecule has 2 aromatic rings. The zero-order chi connectivity index (χ0) is 13.4. The van der Waals surface area contributed by atoms with Crippen LogP contribution in [-0.2, 0) is 0 Å². The molecule has 0 bridgehead atoms. The molecule has 0 saturated carbocycles. The smallest absolute Gasteiger partial charge is 0.0622 e. The molecule has 64 valence electrons. The van der Waals surface area contributed by atoms with E-state index in [2.05, 4.69) is 15.9 Å². The Morgan fingerprint density at radius 1 is 0.846 bits per heavy atom. The van der Waals surface area contributed by atoms with Crippen LogP contribution >= 0.6 is 15.9 Å². The first-order valence-electron chi connectivity index (χ1n) is 6.26. The van der Waals surface area contributed by atoms with Gasteiger partial charge in [0, 0.05) is 4.47 Å². The third-order valence-corrected chi connectivity index (χ3v) is 2.16. The van der Waals surface area contributed by atoms with Crippen molar-refractivity contribution in [2.24, 2.45) is 0 Å². The molecule has 0 N–H and O–H groups in total. The highest BCUT2D eigenvalue weighted by molar-refractivity contribution is 9.10. The summed E-state index contributed by atoms with van der Waals surface area (Å²) in [5, 5.41) is 0. The second-order valence-corrected chi connectivity index (χ2v) is 3.42. The molecule has 0 saturated heterocycles. The van der Waals surface area contributed by atoms with Crippen LogP contribution in [0.25, 0.3) is 11.1 Å². The fourth-order valence-electron chi connectivity index (χ4n) is 1.01. The van der Waals surface area contributed by atoms with Crippen molar-refractivity contribution in [2.45, 2.75) is 0 Å². The highest BCUT2D eigenvalue weighted by Crippen LogP contribution is 2.20. The predicted molar refractivity (Wildman–Crippen MR) is 59.6 cm³/mol. The minimum atomic E-state index is -0.370. The number of benzene rings is 2. The Balaban J connectivity index is 2.75. The van der Waals surface area contributed by atoms with E-state index in [0.717, 1.165) is 4.47 Å². The predicted octanol–water partition coefficient (Wildman–Crippen LogP) is 4.12. The van der Waals surface area contributed by atoms with Crippen molar-refractivity contribution in [2.75, 3.05) is 0 Å². The van der Waals surface area contributed by atoms with Crippen LogP contribution in [0, 0.1) is 0 Å². The van der Waals surface area contributed by atoms with Gasteiger partial charge < -0.3 is 0 Å². The SMILES string of the molecule is [3H]c1c([3H])c([3H])c(-c2ccc(Br)cc2)c([3H])c1[3H]. The monoisotopic (exact) mass is 242 g/mol.